The minimum Gasteiger partial charge on any atom is -0.480 e. The Labute approximate surface area is 176 Å². The summed E-state index contributed by atoms with van der Waals surface area (Å²) in [4.78, 5) is 30.5. The maximum atomic E-state index is 12.3. The van der Waals surface area contributed by atoms with Crippen LogP contribution in [0.4, 0.5) is 5.82 Å². The van der Waals surface area contributed by atoms with Crippen LogP contribution in [0.3, 0.4) is 0 Å². The van der Waals surface area contributed by atoms with Gasteiger partial charge >= 0.3 is 5.97 Å². The molecule has 0 saturated carbocycles. The van der Waals surface area contributed by atoms with E-state index in [2.05, 4.69) is 27.8 Å². The van der Waals surface area contributed by atoms with Gasteiger partial charge in [-0.05, 0) is 42.9 Å². The molecule has 1 atom stereocenters. The van der Waals surface area contributed by atoms with Crippen molar-refractivity contribution in [1.29, 1.82) is 0 Å². The van der Waals surface area contributed by atoms with Crippen molar-refractivity contribution in [3.05, 3.63) is 59.3 Å². The molecule has 1 aromatic carbocycles. The third kappa shape index (κ3) is 4.79. The second kappa shape index (κ2) is 9.26. The van der Waals surface area contributed by atoms with E-state index in [9.17, 15) is 14.7 Å². The number of amides is 1. The molecule has 1 fully saturated rings. The van der Waals surface area contributed by atoms with Crippen LogP contribution in [0.5, 0.6) is 0 Å². The minimum atomic E-state index is -0.863. The van der Waals surface area contributed by atoms with Crippen molar-refractivity contribution < 1.29 is 14.7 Å². The first kappa shape index (κ1) is 20.3. The van der Waals surface area contributed by atoms with Gasteiger partial charge in [-0.3, -0.25) is 14.5 Å². The molecule has 7 heteroatoms. The Morgan fingerprint density at radius 2 is 2.00 bits per heavy atom. The fraction of sp³-hybridized carbons (Fsp3) is 0.435. The second-order valence-electron chi connectivity index (χ2n) is 8.06. The molecular formula is C23H28N4O3. The van der Waals surface area contributed by atoms with E-state index in [1.54, 1.807) is 0 Å². The summed E-state index contributed by atoms with van der Waals surface area (Å²) in [5.74, 6) is 0.143. The number of likely N-dealkylation sites (tertiary alicyclic amines) is 1. The number of carbonyl (C=O) groups excluding carboxylic acids is 1. The van der Waals surface area contributed by atoms with Crippen LogP contribution in [0.2, 0.25) is 0 Å². The predicted octanol–water partition coefficient (Wildman–Crippen LogP) is 2.39. The number of carboxylic acids is 1. The standard InChI is InChI=1S/C23H28N4O3/c28-20(10-4-9-18-12-11-17-8-5-13-24-22(17)26-18)25-19-14-27(15-19)21(23(29)30)16-6-2-1-3-7-16/h1-3,6-7,11-12,19,21H,4-5,8-10,13-15H2,(H,24,26)(H,25,28)(H,29,30)/t21-/m0/s1. The van der Waals surface area contributed by atoms with Crippen LogP contribution in [0.15, 0.2) is 42.5 Å². The summed E-state index contributed by atoms with van der Waals surface area (Å²) in [5, 5.41) is 16.0. The molecular weight excluding hydrogens is 380 g/mol. The third-order valence-electron chi connectivity index (χ3n) is 5.78. The lowest BCUT2D eigenvalue weighted by Crippen LogP contribution is -2.61. The van der Waals surface area contributed by atoms with Gasteiger partial charge in [-0.1, -0.05) is 36.4 Å². The Bertz CT molecular complexity index is 897. The Kier molecular flexibility index (Phi) is 6.28. The molecule has 0 unspecified atom stereocenters. The number of aryl methyl sites for hydroxylation is 2. The molecule has 30 heavy (non-hydrogen) atoms. The molecule has 3 N–H and O–H groups in total. The largest absolute Gasteiger partial charge is 0.480 e. The van der Waals surface area contributed by atoms with Crippen LogP contribution in [0.25, 0.3) is 0 Å². The van der Waals surface area contributed by atoms with Crippen molar-refractivity contribution in [1.82, 2.24) is 15.2 Å². The van der Waals surface area contributed by atoms with Gasteiger partial charge in [0.05, 0.1) is 6.04 Å². The summed E-state index contributed by atoms with van der Waals surface area (Å²) in [6.07, 6.45) is 4.18. The number of aromatic nitrogens is 1. The third-order valence-corrected chi connectivity index (χ3v) is 5.78. The first-order chi connectivity index (χ1) is 14.6. The van der Waals surface area contributed by atoms with E-state index in [4.69, 9.17) is 0 Å². The SMILES string of the molecule is O=C(CCCc1ccc2c(n1)NCCC2)NC1CN([C@H](C(=O)O)c2ccccc2)C1. The van der Waals surface area contributed by atoms with Crippen molar-refractivity contribution in [2.24, 2.45) is 0 Å². The number of pyridine rings is 1. The summed E-state index contributed by atoms with van der Waals surface area (Å²) in [6.45, 7) is 2.07. The van der Waals surface area contributed by atoms with E-state index < -0.39 is 12.0 Å². The van der Waals surface area contributed by atoms with E-state index in [0.717, 1.165) is 49.3 Å². The maximum absolute atomic E-state index is 12.3. The normalized spacial score (nSPS) is 17.3. The van der Waals surface area contributed by atoms with E-state index in [1.165, 1.54) is 5.56 Å². The number of aliphatic carboxylic acids is 1. The number of hydrogen-bond donors (Lipinski definition) is 3. The topological polar surface area (TPSA) is 94.6 Å². The number of fused-ring (bicyclic) bond motifs is 1. The van der Waals surface area contributed by atoms with Gasteiger partial charge in [0.1, 0.15) is 11.9 Å². The van der Waals surface area contributed by atoms with Crippen LogP contribution in [0.1, 0.15) is 42.1 Å². The fourth-order valence-electron chi connectivity index (χ4n) is 4.20. The minimum absolute atomic E-state index is 0.00846. The van der Waals surface area contributed by atoms with E-state index in [-0.39, 0.29) is 11.9 Å². The summed E-state index contributed by atoms with van der Waals surface area (Å²) < 4.78 is 0. The summed E-state index contributed by atoms with van der Waals surface area (Å²) in [5.41, 5.74) is 3.05. The first-order valence-electron chi connectivity index (χ1n) is 10.6. The number of anilines is 1. The number of carbonyl (C=O) groups is 2. The van der Waals surface area contributed by atoms with Crippen LogP contribution < -0.4 is 10.6 Å². The van der Waals surface area contributed by atoms with Gasteiger partial charge in [0.25, 0.3) is 0 Å². The molecule has 3 heterocycles. The van der Waals surface area contributed by atoms with E-state index >= 15 is 0 Å². The number of nitrogens with one attached hydrogen (secondary N) is 2. The van der Waals surface area contributed by atoms with Gasteiger partial charge in [-0.25, -0.2) is 4.98 Å². The fourth-order valence-corrected chi connectivity index (χ4v) is 4.20. The Hall–Kier alpha value is -2.93. The smallest absolute Gasteiger partial charge is 0.325 e. The molecule has 1 aromatic heterocycles. The monoisotopic (exact) mass is 408 g/mol. The highest BCUT2D eigenvalue weighted by Gasteiger charge is 2.37. The molecule has 0 radical (unpaired) electrons. The molecule has 7 nitrogen and oxygen atoms in total. The molecule has 158 valence electrons. The van der Waals surface area contributed by atoms with Gasteiger partial charge in [0.2, 0.25) is 5.91 Å². The quantitative estimate of drug-likeness (QED) is 0.621. The van der Waals surface area contributed by atoms with Crippen LogP contribution in [-0.2, 0) is 22.4 Å². The van der Waals surface area contributed by atoms with Gasteiger partial charge < -0.3 is 15.7 Å². The van der Waals surface area contributed by atoms with Crippen molar-refractivity contribution in [2.75, 3.05) is 25.0 Å². The molecule has 2 aliphatic heterocycles. The maximum Gasteiger partial charge on any atom is 0.325 e. The number of rotatable bonds is 8. The lowest BCUT2D eigenvalue weighted by Gasteiger charge is -2.43. The van der Waals surface area contributed by atoms with Gasteiger partial charge in [0, 0.05) is 31.7 Å². The zero-order valence-electron chi connectivity index (χ0n) is 17.0. The lowest BCUT2D eigenvalue weighted by molar-refractivity contribution is -0.146. The van der Waals surface area contributed by atoms with Crippen LogP contribution in [0, 0.1) is 0 Å². The molecule has 2 aromatic rings. The zero-order valence-corrected chi connectivity index (χ0v) is 17.0. The van der Waals surface area contributed by atoms with Gasteiger partial charge in [-0.2, -0.15) is 0 Å². The number of nitrogens with zero attached hydrogens (tertiary/aromatic N) is 2. The molecule has 4 rings (SSSR count). The zero-order chi connectivity index (χ0) is 20.9. The molecule has 0 bridgehead atoms. The molecule has 1 amide bonds. The number of carboxylic acid groups (broad SMARTS) is 1. The predicted molar refractivity (Wildman–Crippen MR) is 114 cm³/mol. The van der Waals surface area contributed by atoms with Gasteiger partial charge in [0.15, 0.2) is 0 Å². The van der Waals surface area contributed by atoms with Crippen molar-refractivity contribution >= 4 is 17.7 Å². The lowest BCUT2D eigenvalue weighted by atomic mass is 9.99. The highest BCUT2D eigenvalue weighted by Crippen LogP contribution is 2.26. The Morgan fingerprint density at radius 3 is 2.77 bits per heavy atom. The van der Waals surface area contributed by atoms with Gasteiger partial charge in [-0.15, -0.1) is 0 Å². The Balaban J connectivity index is 1.20. The highest BCUT2D eigenvalue weighted by molar-refractivity contribution is 5.77. The van der Waals surface area contributed by atoms with Crippen LogP contribution >= 0.6 is 0 Å². The molecule has 0 aliphatic carbocycles. The van der Waals surface area contributed by atoms with E-state index in [0.29, 0.717) is 19.5 Å². The van der Waals surface area contributed by atoms with E-state index in [1.807, 2.05) is 35.2 Å². The molecule has 2 aliphatic rings. The summed E-state index contributed by atoms with van der Waals surface area (Å²) in [6, 6.07) is 12.8. The summed E-state index contributed by atoms with van der Waals surface area (Å²) >= 11 is 0. The average molecular weight is 409 g/mol. The van der Waals surface area contributed by atoms with Crippen molar-refractivity contribution in [2.45, 2.75) is 44.2 Å². The van der Waals surface area contributed by atoms with Crippen LogP contribution in [-0.4, -0.2) is 52.5 Å². The average Bonchev–Trinajstić information content (AvgIpc) is 2.72. The highest BCUT2D eigenvalue weighted by atomic mass is 16.4. The number of hydrogen-bond acceptors (Lipinski definition) is 5. The molecule has 1 saturated heterocycles. The van der Waals surface area contributed by atoms with Crippen molar-refractivity contribution in [3.8, 4) is 0 Å². The second-order valence-corrected chi connectivity index (χ2v) is 8.06. The Morgan fingerprint density at radius 1 is 1.20 bits per heavy atom. The first-order valence-corrected chi connectivity index (χ1v) is 10.6. The molecule has 0 spiro atoms. The summed E-state index contributed by atoms with van der Waals surface area (Å²) in [7, 11) is 0. The number of benzene rings is 1. The van der Waals surface area contributed by atoms with Crippen molar-refractivity contribution in [3.63, 3.8) is 0 Å².